The predicted molar refractivity (Wildman–Crippen MR) is 173 cm³/mol. The highest BCUT2D eigenvalue weighted by molar-refractivity contribution is 6.40. The molecular formula is C38H26ClNO2. The molecule has 3 nitrogen and oxygen atoms in total. The van der Waals surface area contributed by atoms with Crippen molar-refractivity contribution in [2.75, 3.05) is 4.90 Å². The van der Waals surface area contributed by atoms with E-state index >= 15 is 0 Å². The van der Waals surface area contributed by atoms with Crippen molar-refractivity contribution in [1.29, 1.82) is 0 Å². The molecule has 0 saturated heterocycles. The van der Waals surface area contributed by atoms with Gasteiger partial charge < -0.3 is 14.1 Å². The molecule has 202 valence electrons. The van der Waals surface area contributed by atoms with E-state index in [4.69, 9.17) is 20.8 Å². The van der Waals surface area contributed by atoms with Crippen LogP contribution in [0.2, 0.25) is 5.02 Å². The first-order valence-corrected chi connectivity index (χ1v) is 14.9. The Balaban J connectivity index is 1.28. The molecule has 1 aliphatic heterocycles. The van der Waals surface area contributed by atoms with Crippen molar-refractivity contribution < 1.29 is 9.15 Å². The maximum absolute atomic E-state index is 6.90. The molecule has 2 unspecified atom stereocenters. The topological polar surface area (TPSA) is 25.6 Å². The predicted octanol–water partition coefficient (Wildman–Crippen LogP) is 10.9. The van der Waals surface area contributed by atoms with Crippen LogP contribution in [0.15, 0.2) is 137 Å². The van der Waals surface area contributed by atoms with E-state index in [-0.39, 0.29) is 12.0 Å². The van der Waals surface area contributed by atoms with Gasteiger partial charge in [0.2, 0.25) is 0 Å². The molecule has 0 spiro atoms. The number of para-hydroxylation sites is 2. The fourth-order valence-electron chi connectivity index (χ4n) is 7.06. The van der Waals surface area contributed by atoms with Crippen molar-refractivity contribution in [2.45, 2.75) is 24.9 Å². The van der Waals surface area contributed by atoms with E-state index in [9.17, 15) is 0 Å². The molecule has 4 heteroatoms. The molecule has 0 amide bonds. The molecular weight excluding hydrogens is 538 g/mol. The fraction of sp³-hybridized carbons (Fsp3) is 0.105. The Bertz CT molecular complexity index is 2150. The minimum absolute atomic E-state index is 0.0242. The molecule has 2 aliphatic carbocycles. The first-order valence-electron chi connectivity index (χ1n) is 14.5. The van der Waals surface area contributed by atoms with E-state index in [0.29, 0.717) is 5.02 Å². The minimum Gasteiger partial charge on any atom is -0.485 e. The van der Waals surface area contributed by atoms with Gasteiger partial charge >= 0.3 is 0 Å². The third-order valence-corrected chi connectivity index (χ3v) is 9.22. The van der Waals surface area contributed by atoms with Crippen molar-refractivity contribution >= 4 is 61.4 Å². The average Bonchev–Trinajstić information content (AvgIpc) is 3.62. The lowest BCUT2D eigenvalue weighted by atomic mass is 9.78. The Hall–Kier alpha value is -4.73. The zero-order valence-corrected chi connectivity index (χ0v) is 23.5. The maximum Gasteiger partial charge on any atom is 0.159 e. The number of anilines is 3. The summed E-state index contributed by atoms with van der Waals surface area (Å²) in [6, 6.07) is 33.7. The third kappa shape index (κ3) is 3.47. The molecule has 9 rings (SSSR count). The van der Waals surface area contributed by atoms with E-state index < -0.39 is 0 Å². The third-order valence-electron chi connectivity index (χ3n) is 8.93. The number of fused-ring (bicyclic) bond motifs is 9. The summed E-state index contributed by atoms with van der Waals surface area (Å²) >= 11 is 6.90. The van der Waals surface area contributed by atoms with E-state index in [0.717, 1.165) is 68.4 Å². The van der Waals surface area contributed by atoms with Crippen molar-refractivity contribution in [3.8, 4) is 5.75 Å². The standard InChI is InChI=1S/C38H26ClNO2/c39-31-21-24-10-5-7-14-28(24)38-36(31)29-15-8-16-32(37(29)42-38)40(25-11-2-1-3-12-25)26-18-20-33-30(22-26)35-27-13-6-4-9-23(27)17-19-34(35)41-33/h1-3,5-8,10-22,34-35H,4,9H2. The summed E-state index contributed by atoms with van der Waals surface area (Å²) in [6.45, 7) is 0. The van der Waals surface area contributed by atoms with Crippen LogP contribution in [0.25, 0.3) is 32.7 Å². The molecule has 2 heterocycles. The smallest absolute Gasteiger partial charge is 0.159 e. The Morgan fingerprint density at radius 1 is 0.762 bits per heavy atom. The number of halogens is 1. The molecule has 2 atom stereocenters. The van der Waals surface area contributed by atoms with Crippen LogP contribution in [0, 0.1) is 0 Å². The monoisotopic (exact) mass is 563 g/mol. The zero-order valence-electron chi connectivity index (χ0n) is 22.8. The van der Waals surface area contributed by atoms with Gasteiger partial charge in [0.05, 0.1) is 16.6 Å². The highest BCUT2D eigenvalue weighted by Crippen LogP contribution is 2.51. The summed E-state index contributed by atoms with van der Waals surface area (Å²) in [5.74, 6) is 1.15. The minimum atomic E-state index is 0.0242. The second-order valence-electron chi connectivity index (χ2n) is 11.3. The summed E-state index contributed by atoms with van der Waals surface area (Å²) in [4.78, 5) is 2.29. The van der Waals surface area contributed by atoms with Crippen molar-refractivity contribution in [3.63, 3.8) is 0 Å². The molecule has 0 N–H and O–H groups in total. The van der Waals surface area contributed by atoms with Crippen LogP contribution in [-0.4, -0.2) is 6.10 Å². The second-order valence-corrected chi connectivity index (χ2v) is 11.7. The molecule has 0 radical (unpaired) electrons. The van der Waals surface area contributed by atoms with Crippen LogP contribution in [-0.2, 0) is 0 Å². The van der Waals surface area contributed by atoms with Gasteiger partial charge in [0, 0.05) is 33.1 Å². The molecule has 1 aromatic heterocycles. The molecule has 5 aromatic carbocycles. The summed E-state index contributed by atoms with van der Waals surface area (Å²) in [5, 5.41) is 4.77. The van der Waals surface area contributed by atoms with Gasteiger partial charge in [-0.05, 0) is 77.9 Å². The zero-order chi connectivity index (χ0) is 27.8. The Morgan fingerprint density at radius 2 is 1.62 bits per heavy atom. The van der Waals surface area contributed by atoms with E-state index in [1.54, 1.807) is 0 Å². The highest BCUT2D eigenvalue weighted by atomic mass is 35.5. The molecule has 42 heavy (non-hydrogen) atoms. The average molecular weight is 564 g/mol. The normalized spacial score (nSPS) is 18.8. The van der Waals surface area contributed by atoms with Crippen molar-refractivity contribution in [2.24, 2.45) is 0 Å². The summed E-state index contributed by atoms with van der Waals surface area (Å²) in [6.07, 6.45) is 11.3. The van der Waals surface area contributed by atoms with Crippen molar-refractivity contribution in [1.82, 2.24) is 0 Å². The van der Waals surface area contributed by atoms with Crippen LogP contribution in [0.1, 0.15) is 24.3 Å². The van der Waals surface area contributed by atoms with Crippen LogP contribution in [0.3, 0.4) is 0 Å². The molecule has 0 bridgehead atoms. The number of nitrogens with zero attached hydrogens (tertiary/aromatic N) is 1. The lowest BCUT2D eigenvalue weighted by molar-refractivity contribution is 0.265. The van der Waals surface area contributed by atoms with Gasteiger partial charge in [-0.15, -0.1) is 0 Å². The van der Waals surface area contributed by atoms with Crippen LogP contribution >= 0.6 is 11.6 Å². The number of rotatable bonds is 3. The van der Waals surface area contributed by atoms with Gasteiger partial charge in [0.1, 0.15) is 17.4 Å². The number of hydrogen-bond donors (Lipinski definition) is 0. The van der Waals surface area contributed by atoms with Gasteiger partial charge in [-0.2, -0.15) is 0 Å². The van der Waals surface area contributed by atoms with Crippen LogP contribution in [0.5, 0.6) is 5.75 Å². The first kappa shape index (κ1) is 23.9. The number of allylic oxidation sites excluding steroid dienone is 4. The van der Waals surface area contributed by atoms with Gasteiger partial charge in [-0.25, -0.2) is 0 Å². The number of ether oxygens (including phenoxy) is 1. The summed E-state index contributed by atoms with van der Waals surface area (Å²) < 4.78 is 13.2. The van der Waals surface area contributed by atoms with Gasteiger partial charge in [0.15, 0.2) is 5.58 Å². The quantitative estimate of drug-likeness (QED) is 0.214. The summed E-state index contributed by atoms with van der Waals surface area (Å²) in [5.41, 5.74) is 8.75. The summed E-state index contributed by atoms with van der Waals surface area (Å²) in [7, 11) is 0. The van der Waals surface area contributed by atoms with E-state index in [1.165, 1.54) is 16.7 Å². The van der Waals surface area contributed by atoms with Crippen LogP contribution in [0.4, 0.5) is 17.1 Å². The van der Waals surface area contributed by atoms with Gasteiger partial charge in [0.25, 0.3) is 0 Å². The highest BCUT2D eigenvalue weighted by Gasteiger charge is 2.38. The fourth-order valence-corrected chi connectivity index (χ4v) is 7.36. The maximum atomic E-state index is 6.90. The second kappa shape index (κ2) is 9.14. The van der Waals surface area contributed by atoms with Gasteiger partial charge in [-0.1, -0.05) is 84.4 Å². The molecule has 0 saturated carbocycles. The van der Waals surface area contributed by atoms with E-state index in [2.05, 4.69) is 102 Å². The first-order chi connectivity index (χ1) is 20.7. The lowest BCUT2D eigenvalue weighted by Crippen LogP contribution is -2.22. The number of benzene rings is 5. The number of hydrogen-bond acceptors (Lipinski definition) is 3. The van der Waals surface area contributed by atoms with E-state index in [1.807, 2.05) is 24.3 Å². The molecule has 0 fully saturated rings. The SMILES string of the molecule is Clc1cc2ccccc2c2oc3c(N(c4ccccc4)c4ccc5c(c4)C4C6=C(C=CC4O5)CCC=C6)cccc3c12. The Labute approximate surface area is 248 Å². The van der Waals surface area contributed by atoms with Crippen LogP contribution < -0.4 is 9.64 Å². The van der Waals surface area contributed by atoms with Crippen molar-refractivity contribution in [3.05, 3.63) is 143 Å². The Kier molecular flexibility index (Phi) is 5.20. The van der Waals surface area contributed by atoms with Gasteiger partial charge in [-0.3, -0.25) is 0 Å². The lowest BCUT2D eigenvalue weighted by Gasteiger charge is -2.28. The largest absolute Gasteiger partial charge is 0.485 e. The Morgan fingerprint density at radius 3 is 2.55 bits per heavy atom. The molecule has 3 aliphatic rings. The molecule has 6 aromatic rings. The number of furan rings is 1.